The van der Waals surface area contributed by atoms with E-state index in [0.717, 1.165) is 35.6 Å². The largest absolute Gasteiger partial charge is 0.383 e. The number of nitrogen functional groups attached to an aromatic ring is 1. The van der Waals surface area contributed by atoms with E-state index in [1.54, 1.807) is 0 Å². The lowest BCUT2D eigenvalue weighted by molar-refractivity contribution is 0.898. The minimum Gasteiger partial charge on any atom is -0.383 e. The fourth-order valence-corrected chi connectivity index (χ4v) is 1.95. The molecular formula is C14H19N5. The van der Waals surface area contributed by atoms with E-state index >= 15 is 0 Å². The summed E-state index contributed by atoms with van der Waals surface area (Å²) >= 11 is 0. The zero-order chi connectivity index (χ0) is 13.7. The number of hydrogen-bond donors (Lipinski definition) is 2. The number of hydrogen-bond acceptors (Lipinski definition) is 5. The first kappa shape index (κ1) is 13.3. The maximum atomic E-state index is 5.89. The lowest BCUT2D eigenvalue weighted by Crippen LogP contribution is -2.09. The van der Waals surface area contributed by atoms with E-state index < -0.39 is 0 Å². The van der Waals surface area contributed by atoms with Crippen LogP contribution >= 0.6 is 0 Å². The number of nitrogens with two attached hydrogens (primary N) is 1. The molecule has 0 saturated carbocycles. The fourth-order valence-electron chi connectivity index (χ4n) is 1.95. The predicted molar refractivity (Wildman–Crippen MR) is 76.7 cm³/mol. The monoisotopic (exact) mass is 257 g/mol. The minimum atomic E-state index is 0.552. The van der Waals surface area contributed by atoms with Gasteiger partial charge < -0.3 is 11.1 Å². The number of aryl methyl sites for hydroxylation is 1. The number of rotatable bonds is 5. The maximum absolute atomic E-state index is 5.89. The fraction of sp³-hybridized carbons (Fsp3) is 0.357. The van der Waals surface area contributed by atoms with Crippen molar-refractivity contribution in [1.82, 2.24) is 15.0 Å². The van der Waals surface area contributed by atoms with Gasteiger partial charge in [-0.15, -0.1) is 0 Å². The van der Waals surface area contributed by atoms with Gasteiger partial charge in [-0.3, -0.25) is 4.98 Å². The third-order valence-electron chi connectivity index (χ3n) is 2.86. The molecular weight excluding hydrogens is 238 g/mol. The summed E-state index contributed by atoms with van der Waals surface area (Å²) in [6.07, 6.45) is 3.37. The van der Waals surface area contributed by atoms with Gasteiger partial charge in [-0.1, -0.05) is 19.4 Å². The van der Waals surface area contributed by atoms with E-state index in [4.69, 9.17) is 5.73 Å². The van der Waals surface area contributed by atoms with Crippen LogP contribution in [0.5, 0.6) is 0 Å². The van der Waals surface area contributed by atoms with Crippen molar-refractivity contribution >= 4 is 11.6 Å². The van der Waals surface area contributed by atoms with Crippen molar-refractivity contribution < 1.29 is 0 Å². The third-order valence-corrected chi connectivity index (χ3v) is 2.86. The number of nitrogens with one attached hydrogen (secondary N) is 1. The van der Waals surface area contributed by atoms with Gasteiger partial charge >= 0.3 is 0 Å². The minimum absolute atomic E-state index is 0.552. The molecule has 0 fully saturated rings. The topological polar surface area (TPSA) is 76.7 Å². The van der Waals surface area contributed by atoms with Crippen LogP contribution in [0.1, 0.15) is 30.3 Å². The molecule has 0 amide bonds. The van der Waals surface area contributed by atoms with Crippen molar-refractivity contribution in [3.8, 4) is 0 Å². The summed E-state index contributed by atoms with van der Waals surface area (Å²) in [6.45, 7) is 4.72. The van der Waals surface area contributed by atoms with Crippen LogP contribution in [-0.2, 0) is 13.0 Å². The Morgan fingerprint density at radius 1 is 1.26 bits per heavy atom. The molecule has 0 aliphatic carbocycles. The highest BCUT2D eigenvalue weighted by Gasteiger charge is 2.08. The zero-order valence-electron chi connectivity index (χ0n) is 11.3. The van der Waals surface area contributed by atoms with E-state index in [-0.39, 0.29) is 0 Å². The second-order valence-corrected chi connectivity index (χ2v) is 4.46. The van der Waals surface area contributed by atoms with Gasteiger partial charge in [0.2, 0.25) is 0 Å². The Bertz CT molecular complexity index is 553. The second-order valence-electron chi connectivity index (χ2n) is 4.46. The molecule has 0 saturated heterocycles. The number of pyridine rings is 1. The van der Waals surface area contributed by atoms with Gasteiger partial charge in [0.1, 0.15) is 18.0 Å². The molecule has 2 aromatic rings. The summed E-state index contributed by atoms with van der Waals surface area (Å²) < 4.78 is 0. The van der Waals surface area contributed by atoms with Gasteiger partial charge in [-0.2, -0.15) is 0 Å². The summed E-state index contributed by atoms with van der Waals surface area (Å²) in [6, 6.07) is 5.97. The molecule has 0 aromatic carbocycles. The molecule has 2 aromatic heterocycles. The van der Waals surface area contributed by atoms with Crippen molar-refractivity contribution in [2.24, 2.45) is 0 Å². The quantitative estimate of drug-likeness (QED) is 0.859. The van der Waals surface area contributed by atoms with Crippen LogP contribution in [0.2, 0.25) is 0 Å². The Morgan fingerprint density at radius 3 is 2.84 bits per heavy atom. The van der Waals surface area contributed by atoms with Gasteiger partial charge in [-0.05, 0) is 25.5 Å². The molecule has 0 atom stereocenters. The van der Waals surface area contributed by atoms with Gasteiger partial charge in [0.05, 0.1) is 12.2 Å². The zero-order valence-corrected chi connectivity index (χ0v) is 11.3. The normalized spacial score (nSPS) is 10.4. The Balaban J connectivity index is 2.13. The first-order valence-corrected chi connectivity index (χ1v) is 6.46. The van der Waals surface area contributed by atoms with Crippen LogP contribution < -0.4 is 11.1 Å². The molecule has 0 spiro atoms. The maximum Gasteiger partial charge on any atom is 0.135 e. The molecule has 0 bridgehead atoms. The molecule has 0 aliphatic rings. The highest BCUT2D eigenvalue weighted by Crippen LogP contribution is 2.19. The molecule has 3 N–H and O–H groups in total. The van der Waals surface area contributed by atoms with Gasteiger partial charge in [-0.25, -0.2) is 9.97 Å². The predicted octanol–water partition coefficient (Wildman–Crippen LogP) is 2.33. The number of aromatic nitrogens is 3. The van der Waals surface area contributed by atoms with Crippen LogP contribution in [0.15, 0.2) is 24.5 Å². The molecule has 100 valence electrons. The molecule has 5 heteroatoms. The number of anilines is 2. The Kier molecular flexibility index (Phi) is 4.28. The van der Waals surface area contributed by atoms with Crippen molar-refractivity contribution in [3.05, 3.63) is 41.5 Å². The smallest absolute Gasteiger partial charge is 0.135 e. The van der Waals surface area contributed by atoms with Crippen molar-refractivity contribution in [1.29, 1.82) is 0 Å². The van der Waals surface area contributed by atoms with E-state index in [0.29, 0.717) is 12.4 Å². The second kappa shape index (κ2) is 6.13. The third kappa shape index (κ3) is 3.40. The highest BCUT2D eigenvalue weighted by molar-refractivity contribution is 5.55. The summed E-state index contributed by atoms with van der Waals surface area (Å²) in [5, 5.41) is 3.29. The number of nitrogens with zero attached hydrogens (tertiary/aromatic N) is 3. The van der Waals surface area contributed by atoms with Crippen LogP contribution in [0.4, 0.5) is 11.6 Å². The molecule has 0 unspecified atom stereocenters. The Morgan fingerprint density at radius 2 is 2.11 bits per heavy atom. The summed E-state index contributed by atoms with van der Waals surface area (Å²) in [5.74, 6) is 1.36. The molecule has 0 radical (unpaired) electrons. The first-order valence-electron chi connectivity index (χ1n) is 6.46. The summed E-state index contributed by atoms with van der Waals surface area (Å²) in [5.41, 5.74) is 8.87. The first-order chi connectivity index (χ1) is 9.20. The SMILES string of the molecule is CCCc1c(N)ncnc1NCc1cccc(C)n1. The lowest BCUT2D eigenvalue weighted by atomic mass is 10.1. The van der Waals surface area contributed by atoms with Gasteiger partial charge in [0, 0.05) is 11.3 Å². The average Bonchev–Trinajstić information content (AvgIpc) is 2.40. The van der Waals surface area contributed by atoms with Crippen LogP contribution in [-0.4, -0.2) is 15.0 Å². The van der Waals surface area contributed by atoms with Crippen molar-refractivity contribution in [2.75, 3.05) is 11.1 Å². The van der Waals surface area contributed by atoms with E-state index in [2.05, 4.69) is 27.2 Å². The lowest BCUT2D eigenvalue weighted by Gasteiger charge is -2.11. The average molecular weight is 257 g/mol. The van der Waals surface area contributed by atoms with Crippen LogP contribution in [0.3, 0.4) is 0 Å². The Labute approximate surface area is 113 Å². The highest BCUT2D eigenvalue weighted by atomic mass is 15.0. The van der Waals surface area contributed by atoms with Crippen molar-refractivity contribution in [3.63, 3.8) is 0 Å². The van der Waals surface area contributed by atoms with Gasteiger partial charge in [0.25, 0.3) is 0 Å². The molecule has 5 nitrogen and oxygen atoms in total. The van der Waals surface area contributed by atoms with E-state index in [1.807, 2.05) is 25.1 Å². The van der Waals surface area contributed by atoms with Crippen LogP contribution in [0.25, 0.3) is 0 Å². The molecule has 2 heterocycles. The van der Waals surface area contributed by atoms with E-state index in [9.17, 15) is 0 Å². The molecule has 19 heavy (non-hydrogen) atoms. The summed E-state index contributed by atoms with van der Waals surface area (Å²) in [4.78, 5) is 12.8. The standard InChI is InChI=1S/C14H19N5/c1-3-5-12-13(15)17-9-18-14(12)16-8-11-7-4-6-10(2)19-11/h4,6-7,9H,3,5,8H2,1-2H3,(H3,15,16,17,18). The van der Waals surface area contributed by atoms with Crippen LogP contribution in [0, 0.1) is 6.92 Å². The van der Waals surface area contributed by atoms with Crippen molar-refractivity contribution in [2.45, 2.75) is 33.2 Å². The Hall–Kier alpha value is -2.17. The van der Waals surface area contributed by atoms with Gasteiger partial charge in [0.15, 0.2) is 0 Å². The molecule has 0 aliphatic heterocycles. The van der Waals surface area contributed by atoms with E-state index in [1.165, 1.54) is 6.33 Å². The molecule has 2 rings (SSSR count). The summed E-state index contributed by atoms with van der Waals surface area (Å²) in [7, 11) is 0.